The van der Waals surface area contributed by atoms with Crippen LogP contribution in [0.3, 0.4) is 0 Å². The maximum atomic E-state index is 12.5. The summed E-state index contributed by atoms with van der Waals surface area (Å²) in [7, 11) is 0. The number of nitrogens with zero attached hydrogens (tertiary/aromatic N) is 1. The Morgan fingerprint density at radius 2 is 2.00 bits per heavy atom. The smallest absolute Gasteiger partial charge is 0.417 e. The van der Waals surface area contributed by atoms with Gasteiger partial charge in [-0.25, -0.2) is 4.98 Å². The Morgan fingerprint density at radius 1 is 1.28 bits per heavy atom. The maximum Gasteiger partial charge on any atom is 0.417 e. The summed E-state index contributed by atoms with van der Waals surface area (Å²) in [5.41, 5.74) is -0.653. The van der Waals surface area contributed by atoms with Crippen LogP contribution < -0.4 is 10.1 Å². The Labute approximate surface area is 147 Å². The van der Waals surface area contributed by atoms with Crippen molar-refractivity contribution in [2.75, 3.05) is 5.32 Å². The first-order valence-corrected chi connectivity index (χ1v) is 7.87. The molecule has 1 N–H and O–H groups in total. The number of benzene rings is 1. The minimum atomic E-state index is -4.46. The van der Waals surface area contributed by atoms with Crippen LogP contribution in [0.5, 0.6) is 11.6 Å². The summed E-state index contributed by atoms with van der Waals surface area (Å²) in [6.07, 6.45) is -2.06. The van der Waals surface area contributed by atoms with E-state index in [9.17, 15) is 18.0 Å². The van der Waals surface area contributed by atoms with Crippen LogP contribution in [0.25, 0.3) is 0 Å². The summed E-state index contributed by atoms with van der Waals surface area (Å²) in [6.45, 7) is 1.89. The molecule has 0 radical (unpaired) electrons. The van der Waals surface area contributed by atoms with Crippen LogP contribution in [0, 0.1) is 5.41 Å². The Kier molecular flexibility index (Phi) is 4.36. The summed E-state index contributed by atoms with van der Waals surface area (Å²) in [4.78, 5) is 15.6. The molecule has 0 saturated heterocycles. The third-order valence-electron chi connectivity index (χ3n) is 4.02. The van der Waals surface area contributed by atoms with Crippen LogP contribution in [0.4, 0.5) is 18.9 Å². The van der Waals surface area contributed by atoms with Crippen molar-refractivity contribution >= 4 is 23.2 Å². The average Bonchev–Trinajstić information content (AvgIpc) is 3.29. The van der Waals surface area contributed by atoms with E-state index in [1.54, 1.807) is 6.07 Å². The average molecular weight is 371 g/mol. The first-order chi connectivity index (χ1) is 11.7. The van der Waals surface area contributed by atoms with Crippen molar-refractivity contribution in [2.45, 2.75) is 25.9 Å². The van der Waals surface area contributed by atoms with Gasteiger partial charge in [-0.2, -0.15) is 13.2 Å². The molecule has 4 nitrogen and oxygen atoms in total. The Balaban J connectivity index is 1.70. The van der Waals surface area contributed by atoms with Crippen LogP contribution in [0.15, 0.2) is 36.5 Å². The summed E-state index contributed by atoms with van der Waals surface area (Å²) < 4.78 is 42.9. The van der Waals surface area contributed by atoms with E-state index >= 15 is 0 Å². The number of anilines is 1. The van der Waals surface area contributed by atoms with Crippen molar-refractivity contribution in [3.63, 3.8) is 0 Å². The lowest BCUT2D eigenvalue weighted by Crippen LogP contribution is -2.21. The Morgan fingerprint density at radius 3 is 2.52 bits per heavy atom. The van der Waals surface area contributed by atoms with Crippen LogP contribution in [-0.2, 0) is 11.0 Å². The normalized spacial score (nSPS) is 15.6. The zero-order valence-corrected chi connectivity index (χ0v) is 13.9. The molecule has 0 atom stereocenters. The number of hydrogen-bond donors (Lipinski definition) is 1. The molecule has 2 aromatic rings. The van der Waals surface area contributed by atoms with Crippen molar-refractivity contribution in [1.82, 2.24) is 4.98 Å². The van der Waals surface area contributed by atoms with Gasteiger partial charge >= 0.3 is 6.18 Å². The molecule has 8 heteroatoms. The molecule has 0 unspecified atom stereocenters. The number of halogens is 4. The Bertz CT molecular complexity index is 803. The number of rotatable bonds is 4. The van der Waals surface area contributed by atoms with E-state index < -0.39 is 11.7 Å². The van der Waals surface area contributed by atoms with E-state index in [1.807, 2.05) is 6.92 Å². The third kappa shape index (κ3) is 4.04. The number of aromatic nitrogens is 1. The van der Waals surface area contributed by atoms with Gasteiger partial charge in [-0.3, -0.25) is 4.79 Å². The van der Waals surface area contributed by atoms with Crippen molar-refractivity contribution in [3.05, 3.63) is 47.1 Å². The number of alkyl halides is 3. The number of carbonyl (C=O) groups is 1. The molecule has 0 aliphatic heterocycles. The molecule has 1 aromatic heterocycles. The largest absolute Gasteiger partial charge is 0.437 e. The van der Waals surface area contributed by atoms with E-state index in [0.29, 0.717) is 11.9 Å². The van der Waals surface area contributed by atoms with Crippen LogP contribution in [-0.4, -0.2) is 10.9 Å². The fraction of sp³-hybridized carbons (Fsp3) is 0.294. The van der Waals surface area contributed by atoms with E-state index in [0.717, 1.165) is 25.0 Å². The molecular weight excluding hydrogens is 357 g/mol. The van der Waals surface area contributed by atoms with Crippen molar-refractivity contribution in [2.24, 2.45) is 5.41 Å². The highest BCUT2D eigenvalue weighted by atomic mass is 35.5. The highest BCUT2D eigenvalue weighted by Crippen LogP contribution is 2.46. The fourth-order valence-corrected chi connectivity index (χ4v) is 2.30. The van der Waals surface area contributed by atoms with Gasteiger partial charge in [0.1, 0.15) is 5.75 Å². The number of carbonyl (C=O) groups excluding carboxylic acids is 1. The highest BCUT2D eigenvalue weighted by molar-refractivity contribution is 6.32. The van der Waals surface area contributed by atoms with Gasteiger partial charge in [0.15, 0.2) is 0 Å². The lowest BCUT2D eigenvalue weighted by atomic mass is 10.1. The molecule has 1 aliphatic rings. The number of amides is 1. The number of pyridine rings is 1. The fourth-order valence-electron chi connectivity index (χ4n) is 2.08. The van der Waals surface area contributed by atoms with E-state index in [4.69, 9.17) is 16.3 Å². The molecule has 0 bridgehead atoms. The molecule has 0 spiro atoms. The molecule has 132 valence electrons. The van der Waals surface area contributed by atoms with Gasteiger partial charge in [0.25, 0.3) is 0 Å². The number of hydrogen-bond acceptors (Lipinski definition) is 3. The van der Waals surface area contributed by atoms with E-state index in [-0.39, 0.29) is 28.0 Å². The lowest BCUT2D eigenvalue weighted by Gasteiger charge is -2.12. The standard InChI is InChI=1S/C17H14ClF3N2O2/c1-16(6-7-16)15(24)23-11-3-4-13(12(18)8-11)25-14-5-2-10(9-22-14)17(19,20)21/h2-5,8-9H,6-7H2,1H3,(H,23,24). The van der Waals surface area contributed by atoms with Crippen molar-refractivity contribution < 1.29 is 22.7 Å². The second kappa shape index (κ2) is 6.22. The van der Waals surface area contributed by atoms with Gasteiger partial charge in [-0.15, -0.1) is 0 Å². The second-order valence-corrected chi connectivity index (χ2v) is 6.55. The third-order valence-corrected chi connectivity index (χ3v) is 4.31. The Hall–Kier alpha value is -2.28. The predicted molar refractivity (Wildman–Crippen MR) is 86.7 cm³/mol. The first-order valence-electron chi connectivity index (χ1n) is 7.49. The van der Waals surface area contributed by atoms with Crippen LogP contribution >= 0.6 is 11.6 Å². The van der Waals surface area contributed by atoms with Gasteiger partial charge in [0.2, 0.25) is 11.8 Å². The van der Waals surface area contributed by atoms with Gasteiger partial charge in [-0.05, 0) is 37.1 Å². The monoisotopic (exact) mass is 370 g/mol. The summed E-state index contributed by atoms with van der Waals surface area (Å²) in [6, 6.07) is 6.63. The molecule has 1 fully saturated rings. The van der Waals surface area contributed by atoms with Gasteiger partial charge in [-0.1, -0.05) is 18.5 Å². The van der Waals surface area contributed by atoms with Crippen molar-refractivity contribution in [1.29, 1.82) is 0 Å². The van der Waals surface area contributed by atoms with Crippen LogP contribution in [0.1, 0.15) is 25.3 Å². The number of nitrogens with one attached hydrogen (secondary N) is 1. The molecular formula is C17H14ClF3N2O2. The second-order valence-electron chi connectivity index (χ2n) is 6.14. The molecule has 25 heavy (non-hydrogen) atoms. The van der Waals surface area contributed by atoms with Crippen LogP contribution in [0.2, 0.25) is 5.02 Å². The summed E-state index contributed by atoms with van der Waals surface area (Å²) >= 11 is 6.11. The molecule has 1 amide bonds. The SMILES string of the molecule is CC1(C(=O)Nc2ccc(Oc3ccc(C(F)(F)F)cn3)c(Cl)c2)CC1. The molecule has 1 aromatic carbocycles. The maximum absolute atomic E-state index is 12.5. The predicted octanol–water partition coefficient (Wildman–Crippen LogP) is 5.28. The zero-order chi connectivity index (χ0) is 18.2. The molecule has 3 rings (SSSR count). The molecule has 1 aliphatic carbocycles. The minimum absolute atomic E-state index is 0.0165. The summed E-state index contributed by atoms with van der Waals surface area (Å²) in [5.74, 6) is 0.142. The molecule has 1 saturated carbocycles. The first kappa shape index (κ1) is 17.5. The topological polar surface area (TPSA) is 51.2 Å². The highest BCUT2D eigenvalue weighted by Gasteiger charge is 2.44. The zero-order valence-electron chi connectivity index (χ0n) is 13.2. The number of ether oxygens (including phenoxy) is 1. The van der Waals surface area contributed by atoms with Gasteiger partial charge in [0.05, 0.1) is 10.6 Å². The van der Waals surface area contributed by atoms with Crippen molar-refractivity contribution in [3.8, 4) is 11.6 Å². The molecule has 1 heterocycles. The van der Waals surface area contributed by atoms with Gasteiger partial charge < -0.3 is 10.1 Å². The minimum Gasteiger partial charge on any atom is -0.437 e. The van der Waals surface area contributed by atoms with E-state index in [1.165, 1.54) is 12.1 Å². The quantitative estimate of drug-likeness (QED) is 0.796. The lowest BCUT2D eigenvalue weighted by molar-refractivity contribution is -0.137. The van der Waals surface area contributed by atoms with E-state index in [2.05, 4.69) is 10.3 Å². The van der Waals surface area contributed by atoms with Gasteiger partial charge in [0, 0.05) is 23.4 Å². The summed E-state index contributed by atoms with van der Waals surface area (Å²) in [5, 5.41) is 2.99.